The van der Waals surface area contributed by atoms with Gasteiger partial charge in [-0.3, -0.25) is 9.59 Å². The molecule has 28 heavy (non-hydrogen) atoms. The zero-order valence-electron chi connectivity index (χ0n) is 16.2. The van der Waals surface area contributed by atoms with Gasteiger partial charge in [-0.05, 0) is 62.2 Å². The molecule has 1 heterocycles. The van der Waals surface area contributed by atoms with Gasteiger partial charge in [-0.25, -0.2) is 0 Å². The third kappa shape index (κ3) is 5.54. The van der Waals surface area contributed by atoms with Gasteiger partial charge < -0.3 is 25.8 Å². The number of nitrogens with two attached hydrogens (primary N) is 1. The van der Waals surface area contributed by atoms with Crippen molar-refractivity contribution in [2.24, 2.45) is 17.6 Å². The third-order valence-electron chi connectivity index (χ3n) is 5.39. The Kier molecular flexibility index (Phi) is 7.44. The standard InChI is InChI=1S/C20H29N3O4S/c1-28-9-8-16(21)20(25)22-11-13-2-4-14(5-3-13)19(24)23-15-6-7-17-18(10-15)27-12-26-17/h6-7,10,13-14,16H,2-5,8-9,11-12,21H2,1H3,(H,22,25)(H,23,24)/t13?,14?,16-/m0/s1. The molecule has 0 saturated heterocycles. The summed E-state index contributed by atoms with van der Waals surface area (Å²) in [5.74, 6) is 2.63. The van der Waals surface area contributed by atoms with Gasteiger partial charge in [0.05, 0.1) is 6.04 Å². The Balaban J connectivity index is 1.39. The Labute approximate surface area is 170 Å². The molecule has 3 rings (SSSR count). The first-order valence-electron chi connectivity index (χ1n) is 9.79. The summed E-state index contributed by atoms with van der Waals surface area (Å²) < 4.78 is 10.6. The second kappa shape index (κ2) is 10.0. The highest BCUT2D eigenvalue weighted by atomic mass is 32.2. The average Bonchev–Trinajstić information content (AvgIpc) is 3.18. The average molecular weight is 408 g/mol. The van der Waals surface area contributed by atoms with Gasteiger partial charge in [0.25, 0.3) is 0 Å². The van der Waals surface area contributed by atoms with E-state index in [4.69, 9.17) is 15.2 Å². The Morgan fingerprint density at radius 3 is 2.71 bits per heavy atom. The van der Waals surface area contributed by atoms with E-state index in [9.17, 15) is 9.59 Å². The fourth-order valence-corrected chi connectivity index (χ4v) is 4.09. The number of thioether (sulfide) groups is 1. The molecule has 8 heteroatoms. The van der Waals surface area contributed by atoms with E-state index in [-0.39, 0.29) is 24.5 Å². The van der Waals surface area contributed by atoms with Crippen LogP contribution in [-0.4, -0.2) is 43.2 Å². The van der Waals surface area contributed by atoms with Crippen molar-refractivity contribution in [1.29, 1.82) is 0 Å². The second-order valence-corrected chi connectivity index (χ2v) is 8.39. The highest BCUT2D eigenvalue weighted by molar-refractivity contribution is 7.98. The number of fused-ring (bicyclic) bond motifs is 1. The molecular formula is C20H29N3O4S. The van der Waals surface area contributed by atoms with Crippen molar-refractivity contribution < 1.29 is 19.1 Å². The Morgan fingerprint density at radius 1 is 1.21 bits per heavy atom. The SMILES string of the molecule is CSCC[C@H](N)C(=O)NCC1CCC(C(=O)Nc2ccc3c(c2)OCO3)CC1. The molecule has 1 fully saturated rings. The van der Waals surface area contributed by atoms with Crippen LogP contribution in [0.1, 0.15) is 32.1 Å². The van der Waals surface area contributed by atoms with E-state index in [2.05, 4.69) is 10.6 Å². The molecule has 1 aliphatic heterocycles. The van der Waals surface area contributed by atoms with Gasteiger partial charge >= 0.3 is 0 Å². The predicted octanol–water partition coefficient (Wildman–Crippen LogP) is 2.36. The van der Waals surface area contributed by atoms with Gasteiger partial charge in [0.1, 0.15) is 0 Å². The van der Waals surface area contributed by atoms with Crippen LogP contribution in [-0.2, 0) is 9.59 Å². The maximum Gasteiger partial charge on any atom is 0.236 e. The maximum atomic E-state index is 12.6. The highest BCUT2D eigenvalue weighted by Gasteiger charge is 2.27. The van der Waals surface area contributed by atoms with Gasteiger partial charge in [-0.2, -0.15) is 11.8 Å². The number of hydrogen-bond acceptors (Lipinski definition) is 6. The molecule has 2 amide bonds. The van der Waals surface area contributed by atoms with E-state index >= 15 is 0 Å². The molecule has 1 saturated carbocycles. The summed E-state index contributed by atoms with van der Waals surface area (Å²) in [5.41, 5.74) is 6.62. The lowest BCUT2D eigenvalue weighted by molar-refractivity contribution is -0.123. The van der Waals surface area contributed by atoms with Crippen molar-refractivity contribution in [2.45, 2.75) is 38.1 Å². The van der Waals surface area contributed by atoms with Crippen LogP contribution in [0.25, 0.3) is 0 Å². The molecule has 1 atom stereocenters. The van der Waals surface area contributed by atoms with Crippen molar-refractivity contribution >= 4 is 29.3 Å². The molecule has 2 aliphatic rings. The molecule has 4 N–H and O–H groups in total. The first-order chi connectivity index (χ1) is 13.6. The van der Waals surface area contributed by atoms with Crippen molar-refractivity contribution in [1.82, 2.24) is 5.32 Å². The normalized spacial score (nSPS) is 21.8. The van der Waals surface area contributed by atoms with E-state index in [0.717, 1.165) is 37.1 Å². The summed E-state index contributed by atoms with van der Waals surface area (Å²) in [6.45, 7) is 0.859. The number of carbonyl (C=O) groups excluding carboxylic acids is 2. The lowest BCUT2D eigenvalue weighted by Gasteiger charge is -2.28. The van der Waals surface area contributed by atoms with Crippen LogP contribution in [0.5, 0.6) is 11.5 Å². The van der Waals surface area contributed by atoms with Crippen molar-refractivity contribution in [3.8, 4) is 11.5 Å². The monoisotopic (exact) mass is 407 g/mol. The summed E-state index contributed by atoms with van der Waals surface area (Å²) >= 11 is 1.69. The van der Waals surface area contributed by atoms with Gasteiger partial charge in [-0.15, -0.1) is 0 Å². The van der Waals surface area contributed by atoms with E-state index in [1.54, 1.807) is 23.9 Å². The summed E-state index contributed by atoms with van der Waals surface area (Å²) in [7, 11) is 0. The first kappa shape index (κ1) is 20.8. The Bertz CT molecular complexity index is 692. The fraction of sp³-hybridized carbons (Fsp3) is 0.600. The molecule has 7 nitrogen and oxygen atoms in total. The van der Waals surface area contributed by atoms with Crippen LogP contribution in [0.3, 0.4) is 0 Å². The molecule has 1 aliphatic carbocycles. The van der Waals surface area contributed by atoms with Crippen LogP contribution >= 0.6 is 11.8 Å². The first-order valence-corrected chi connectivity index (χ1v) is 11.2. The van der Waals surface area contributed by atoms with Crippen LogP contribution in [0.15, 0.2) is 18.2 Å². The molecule has 0 bridgehead atoms. The zero-order valence-corrected chi connectivity index (χ0v) is 17.1. The van der Waals surface area contributed by atoms with Crippen LogP contribution < -0.4 is 25.8 Å². The molecule has 0 unspecified atom stereocenters. The second-order valence-electron chi connectivity index (χ2n) is 7.41. The van der Waals surface area contributed by atoms with Crippen molar-refractivity contribution in [2.75, 3.05) is 30.7 Å². The predicted molar refractivity (Wildman–Crippen MR) is 111 cm³/mol. The number of nitrogens with one attached hydrogen (secondary N) is 2. The summed E-state index contributed by atoms with van der Waals surface area (Å²) in [5, 5.41) is 5.95. The smallest absolute Gasteiger partial charge is 0.236 e. The largest absolute Gasteiger partial charge is 0.454 e. The summed E-state index contributed by atoms with van der Waals surface area (Å²) in [6, 6.07) is 4.99. The van der Waals surface area contributed by atoms with Gasteiger partial charge in [0.2, 0.25) is 18.6 Å². The molecule has 154 valence electrons. The van der Waals surface area contributed by atoms with Gasteiger partial charge in [-0.1, -0.05) is 0 Å². The van der Waals surface area contributed by atoms with Crippen molar-refractivity contribution in [3.63, 3.8) is 0 Å². The van der Waals surface area contributed by atoms with E-state index in [1.807, 2.05) is 12.3 Å². The lowest BCUT2D eigenvalue weighted by Crippen LogP contribution is -2.43. The summed E-state index contributed by atoms with van der Waals surface area (Å²) in [6.07, 6.45) is 6.22. The number of ether oxygens (including phenoxy) is 2. The van der Waals surface area contributed by atoms with Crippen molar-refractivity contribution in [3.05, 3.63) is 18.2 Å². The number of anilines is 1. The molecule has 1 aromatic carbocycles. The highest BCUT2D eigenvalue weighted by Crippen LogP contribution is 2.35. The Hall–Kier alpha value is -1.93. The number of hydrogen-bond donors (Lipinski definition) is 3. The van der Waals surface area contributed by atoms with E-state index in [1.165, 1.54) is 0 Å². The maximum absolute atomic E-state index is 12.6. The van der Waals surface area contributed by atoms with E-state index in [0.29, 0.717) is 30.4 Å². The number of carbonyl (C=O) groups is 2. The van der Waals surface area contributed by atoms with Gasteiger partial charge in [0.15, 0.2) is 11.5 Å². The molecule has 0 aromatic heterocycles. The minimum Gasteiger partial charge on any atom is -0.454 e. The number of benzene rings is 1. The molecule has 1 aromatic rings. The Morgan fingerprint density at radius 2 is 1.96 bits per heavy atom. The minimum atomic E-state index is -0.434. The zero-order chi connectivity index (χ0) is 19.9. The van der Waals surface area contributed by atoms with Crippen LogP contribution in [0.2, 0.25) is 0 Å². The fourth-order valence-electron chi connectivity index (χ4n) is 3.60. The third-order valence-corrected chi connectivity index (χ3v) is 6.04. The quantitative estimate of drug-likeness (QED) is 0.611. The van der Waals surface area contributed by atoms with Gasteiger partial charge in [0, 0.05) is 24.2 Å². The lowest BCUT2D eigenvalue weighted by atomic mass is 9.81. The molecular weight excluding hydrogens is 378 g/mol. The van der Waals surface area contributed by atoms with Crippen LogP contribution in [0, 0.1) is 11.8 Å². The molecule has 0 radical (unpaired) electrons. The topological polar surface area (TPSA) is 103 Å². The number of amides is 2. The van der Waals surface area contributed by atoms with Crippen LogP contribution in [0.4, 0.5) is 5.69 Å². The molecule has 0 spiro atoms. The number of rotatable bonds is 8. The summed E-state index contributed by atoms with van der Waals surface area (Å²) in [4.78, 5) is 24.6. The minimum absolute atomic E-state index is 0.00112. The van der Waals surface area contributed by atoms with E-state index < -0.39 is 6.04 Å².